The summed E-state index contributed by atoms with van der Waals surface area (Å²) >= 11 is 0. The van der Waals surface area contributed by atoms with Crippen LogP contribution in [0.25, 0.3) is 0 Å². The van der Waals surface area contributed by atoms with Gasteiger partial charge in [0.2, 0.25) is 0 Å². The van der Waals surface area contributed by atoms with E-state index in [-0.39, 0.29) is 5.78 Å². The fourth-order valence-electron chi connectivity index (χ4n) is 2.04. The average molecular weight is 228 g/mol. The fraction of sp³-hybridized carbons (Fsp3) is 0.214. The lowest BCUT2D eigenvalue weighted by Crippen LogP contribution is -2.00. The lowest BCUT2D eigenvalue weighted by atomic mass is 10.0. The molecule has 2 aromatic rings. The normalized spacial score (nSPS) is 13.7. The largest absolute Gasteiger partial charge is 0.469 e. The Morgan fingerprint density at radius 3 is 2.71 bits per heavy atom. The van der Waals surface area contributed by atoms with Crippen molar-refractivity contribution in [2.24, 2.45) is 0 Å². The highest BCUT2D eigenvalue weighted by Gasteiger charge is 2.16. The quantitative estimate of drug-likeness (QED) is 0.742. The van der Waals surface area contributed by atoms with Gasteiger partial charge in [-0.2, -0.15) is 0 Å². The number of carbonyl (C=O) groups is 1. The number of furan rings is 1. The summed E-state index contributed by atoms with van der Waals surface area (Å²) in [7, 11) is 0. The first-order valence-electron chi connectivity index (χ1n) is 5.53. The van der Waals surface area contributed by atoms with E-state index in [1.54, 1.807) is 6.07 Å². The van der Waals surface area contributed by atoms with E-state index in [2.05, 4.69) is 0 Å². The molecule has 1 aliphatic heterocycles. The maximum Gasteiger partial charge on any atom is 0.196 e. The molecule has 17 heavy (non-hydrogen) atoms. The van der Waals surface area contributed by atoms with Crippen molar-refractivity contribution in [1.29, 1.82) is 0 Å². The Labute approximate surface area is 99.0 Å². The van der Waals surface area contributed by atoms with Crippen molar-refractivity contribution < 1.29 is 13.9 Å². The van der Waals surface area contributed by atoms with E-state index < -0.39 is 0 Å². The molecule has 1 aromatic carbocycles. The minimum atomic E-state index is -0.00319. The van der Waals surface area contributed by atoms with Crippen LogP contribution in [0, 0.1) is 6.92 Å². The van der Waals surface area contributed by atoms with E-state index in [4.69, 9.17) is 9.15 Å². The molecule has 86 valence electrons. The van der Waals surface area contributed by atoms with Crippen molar-refractivity contribution in [3.63, 3.8) is 0 Å². The van der Waals surface area contributed by atoms with Crippen LogP contribution in [0.5, 0.6) is 0 Å². The molecule has 0 N–H and O–H groups in total. The van der Waals surface area contributed by atoms with E-state index >= 15 is 0 Å². The molecule has 3 heteroatoms. The predicted molar refractivity (Wildman–Crippen MR) is 61.8 cm³/mol. The Bertz CT molecular complexity index is 581. The summed E-state index contributed by atoms with van der Waals surface area (Å²) in [5, 5.41) is 0. The zero-order valence-corrected chi connectivity index (χ0v) is 9.53. The Hall–Kier alpha value is -1.87. The highest BCUT2D eigenvalue weighted by atomic mass is 16.5. The molecule has 0 amide bonds. The Balaban J connectivity index is 1.97. The van der Waals surface area contributed by atoms with E-state index in [0.717, 1.165) is 11.3 Å². The molecule has 3 rings (SSSR count). The van der Waals surface area contributed by atoms with Crippen LogP contribution >= 0.6 is 0 Å². The molecule has 0 spiro atoms. The van der Waals surface area contributed by atoms with E-state index in [0.29, 0.717) is 24.3 Å². The molecule has 0 bridgehead atoms. The molecule has 0 unspecified atom stereocenters. The number of ketones is 1. The van der Waals surface area contributed by atoms with Crippen molar-refractivity contribution >= 4 is 5.78 Å². The number of hydrogen-bond acceptors (Lipinski definition) is 3. The van der Waals surface area contributed by atoms with Crippen LogP contribution in [0.1, 0.15) is 32.8 Å². The van der Waals surface area contributed by atoms with Crippen molar-refractivity contribution in [3.05, 3.63) is 58.5 Å². The summed E-state index contributed by atoms with van der Waals surface area (Å²) in [6.07, 6.45) is 1.50. The van der Waals surface area contributed by atoms with Gasteiger partial charge in [-0.1, -0.05) is 12.1 Å². The van der Waals surface area contributed by atoms with Crippen LogP contribution in [0.3, 0.4) is 0 Å². The molecule has 1 aliphatic rings. The van der Waals surface area contributed by atoms with Crippen LogP contribution in [0.2, 0.25) is 0 Å². The Morgan fingerprint density at radius 2 is 1.94 bits per heavy atom. The number of hydrogen-bond donors (Lipinski definition) is 0. The van der Waals surface area contributed by atoms with Gasteiger partial charge >= 0.3 is 0 Å². The van der Waals surface area contributed by atoms with Gasteiger partial charge in [-0.25, -0.2) is 0 Å². The maximum atomic E-state index is 12.2. The van der Waals surface area contributed by atoms with Gasteiger partial charge in [0, 0.05) is 5.56 Å². The van der Waals surface area contributed by atoms with Gasteiger partial charge in [0.05, 0.1) is 18.8 Å². The monoisotopic (exact) mass is 228 g/mol. The van der Waals surface area contributed by atoms with Crippen molar-refractivity contribution in [2.45, 2.75) is 20.1 Å². The van der Waals surface area contributed by atoms with Crippen LogP contribution in [-0.2, 0) is 18.0 Å². The number of aryl methyl sites for hydroxylation is 1. The second kappa shape index (κ2) is 3.86. The minimum Gasteiger partial charge on any atom is -0.469 e. The molecule has 0 radical (unpaired) electrons. The van der Waals surface area contributed by atoms with Crippen molar-refractivity contribution in [1.82, 2.24) is 0 Å². The van der Waals surface area contributed by atoms with Gasteiger partial charge in [0.1, 0.15) is 12.0 Å². The number of carbonyl (C=O) groups excluding carboxylic acids is 1. The molecule has 0 fully saturated rings. The third-order valence-electron chi connectivity index (χ3n) is 2.98. The first-order valence-corrected chi connectivity index (χ1v) is 5.53. The van der Waals surface area contributed by atoms with Crippen molar-refractivity contribution in [2.75, 3.05) is 0 Å². The van der Waals surface area contributed by atoms with Gasteiger partial charge in [0.15, 0.2) is 5.78 Å². The second-order valence-electron chi connectivity index (χ2n) is 4.25. The highest BCUT2D eigenvalue weighted by Crippen LogP contribution is 2.22. The van der Waals surface area contributed by atoms with Crippen LogP contribution < -0.4 is 0 Å². The summed E-state index contributed by atoms with van der Waals surface area (Å²) in [6, 6.07) is 7.47. The van der Waals surface area contributed by atoms with Crippen LogP contribution in [0.4, 0.5) is 0 Å². The molecule has 3 nitrogen and oxygen atoms in total. The van der Waals surface area contributed by atoms with Crippen LogP contribution in [0.15, 0.2) is 34.9 Å². The third-order valence-corrected chi connectivity index (χ3v) is 2.98. The Kier molecular flexibility index (Phi) is 2.34. The van der Waals surface area contributed by atoms with Gasteiger partial charge in [0.25, 0.3) is 0 Å². The standard InChI is InChI=1S/C14H12O3/c1-9-4-13(8-17-9)14(15)10-2-3-11-6-16-7-12(11)5-10/h2-5,8H,6-7H2,1H3. The predicted octanol–water partition coefficient (Wildman–Crippen LogP) is 2.85. The molecular weight excluding hydrogens is 216 g/mol. The SMILES string of the molecule is Cc1cc(C(=O)c2ccc3c(c2)COC3)co1. The zero-order valence-electron chi connectivity index (χ0n) is 9.53. The molecule has 2 heterocycles. The van der Waals surface area contributed by atoms with Gasteiger partial charge in [-0.3, -0.25) is 4.79 Å². The molecule has 0 atom stereocenters. The topological polar surface area (TPSA) is 39.4 Å². The summed E-state index contributed by atoms with van der Waals surface area (Å²) in [5.41, 5.74) is 3.57. The summed E-state index contributed by atoms with van der Waals surface area (Å²) in [5.74, 6) is 0.745. The molecule has 0 saturated heterocycles. The number of benzene rings is 1. The molecule has 1 aromatic heterocycles. The Morgan fingerprint density at radius 1 is 1.12 bits per heavy atom. The third kappa shape index (κ3) is 1.78. The van der Waals surface area contributed by atoms with Gasteiger partial charge < -0.3 is 9.15 Å². The second-order valence-corrected chi connectivity index (χ2v) is 4.25. The fourth-order valence-corrected chi connectivity index (χ4v) is 2.04. The first-order chi connectivity index (χ1) is 8.24. The van der Waals surface area contributed by atoms with Crippen molar-refractivity contribution in [3.8, 4) is 0 Å². The van der Waals surface area contributed by atoms with Crippen LogP contribution in [-0.4, -0.2) is 5.78 Å². The number of ether oxygens (including phenoxy) is 1. The average Bonchev–Trinajstić information content (AvgIpc) is 2.95. The maximum absolute atomic E-state index is 12.2. The summed E-state index contributed by atoms with van der Waals surface area (Å²) in [4.78, 5) is 12.2. The smallest absolute Gasteiger partial charge is 0.196 e. The lowest BCUT2D eigenvalue weighted by Gasteiger charge is -2.01. The highest BCUT2D eigenvalue weighted by molar-refractivity contribution is 6.09. The van der Waals surface area contributed by atoms with E-state index in [1.807, 2.05) is 25.1 Å². The number of rotatable bonds is 2. The van der Waals surface area contributed by atoms with E-state index in [1.165, 1.54) is 11.8 Å². The molecule has 0 saturated carbocycles. The lowest BCUT2D eigenvalue weighted by molar-refractivity contribution is 0.103. The minimum absolute atomic E-state index is 0.00319. The molecular formula is C14H12O3. The summed E-state index contributed by atoms with van der Waals surface area (Å²) in [6.45, 7) is 3.07. The molecule has 0 aliphatic carbocycles. The van der Waals surface area contributed by atoms with E-state index in [9.17, 15) is 4.79 Å². The van der Waals surface area contributed by atoms with Gasteiger partial charge in [-0.15, -0.1) is 0 Å². The number of fused-ring (bicyclic) bond motifs is 1. The first kappa shape index (κ1) is 10.3. The zero-order chi connectivity index (χ0) is 11.8. The van der Waals surface area contributed by atoms with Gasteiger partial charge in [-0.05, 0) is 30.2 Å². The summed E-state index contributed by atoms with van der Waals surface area (Å²) < 4.78 is 10.5.